The molecule has 5 nitrogen and oxygen atoms in total. The Kier molecular flexibility index (Phi) is 7.10. The molecule has 2 N–H and O–H groups in total. The number of hydrogen-bond donors (Lipinski definition) is 2. The highest BCUT2D eigenvalue weighted by atomic mass is 32.2. The van der Waals surface area contributed by atoms with Crippen molar-refractivity contribution in [2.75, 3.05) is 6.26 Å². The summed E-state index contributed by atoms with van der Waals surface area (Å²) in [5.74, 6) is 0. The first-order valence-electron chi connectivity index (χ1n) is 11.8. The Morgan fingerprint density at radius 3 is 2.53 bits per heavy atom. The minimum Gasteiger partial charge on any atom is -0.376 e. The Balaban J connectivity index is 1.63. The highest BCUT2D eigenvalue weighted by Gasteiger charge is 2.51. The van der Waals surface area contributed by atoms with Gasteiger partial charge in [-0.2, -0.15) is 13.2 Å². The maximum Gasteiger partial charge on any atom is 0.421 e. The molecule has 0 bridgehead atoms. The molecule has 2 heterocycles. The number of benzene rings is 2. The zero-order chi connectivity index (χ0) is 27.3. The molecule has 1 aliphatic rings. The fraction of sp³-hybridized carbons (Fsp3) is 0.296. The second-order valence-corrected chi connectivity index (χ2v) is 13.3. The number of thioether (sulfide) groups is 1. The Morgan fingerprint density at radius 2 is 1.84 bits per heavy atom. The molecule has 1 aliphatic carbocycles. The summed E-state index contributed by atoms with van der Waals surface area (Å²) in [5.41, 5.74) is -1.63. The fourth-order valence-electron chi connectivity index (χ4n) is 4.29. The molecular formula is C27H25F3N2O3S3. The van der Waals surface area contributed by atoms with Gasteiger partial charge in [0.1, 0.15) is 0 Å². The van der Waals surface area contributed by atoms with Gasteiger partial charge < -0.3 is 5.11 Å². The van der Waals surface area contributed by atoms with Gasteiger partial charge >= 0.3 is 6.18 Å². The zero-order valence-electron chi connectivity index (χ0n) is 20.5. The van der Waals surface area contributed by atoms with Crippen LogP contribution in [0.25, 0.3) is 21.3 Å². The van der Waals surface area contributed by atoms with Crippen LogP contribution < -0.4 is 4.72 Å². The number of nitrogens with zero attached hydrogens (tertiary/aromatic N) is 1. The number of hydrogen-bond acceptors (Lipinski definition) is 6. The van der Waals surface area contributed by atoms with Crippen LogP contribution in [0.3, 0.4) is 0 Å². The maximum atomic E-state index is 13.5. The summed E-state index contributed by atoms with van der Waals surface area (Å²) in [6, 6.07) is 16.7. The molecule has 0 saturated heterocycles. The van der Waals surface area contributed by atoms with Crippen LogP contribution in [0, 0.1) is 0 Å². The maximum absolute atomic E-state index is 13.5. The molecule has 2 aromatic heterocycles. The molecule has 2 atom stereocenters. The van der Waals surface area contributed by atoms with Crippen LogP contribution in [-0.4, -0.2) is 36.2 Å². The summed E-state index contributed by atoms with van der Waals surface area (Å²) in [4.78, 5) is 6.00. The number of aromatic nitrogens is 1. The molecule has 1 fully saturated rings. The van der Waals surface area contributed by atoms with E-state index in [0.717, 1.165) is 38.4 Å². The first-order valence-corrected chi connectivity index (χ1v) is 15.4. The number of sulfonamides is 1. The summed E-state index contributed by atoms with van der Waals surface area (Å²) < 4.78 is 70.2. The van der Waals surface area contributed by atoms with Crippen LogP contribution >= 0.6 is 23.1 Å². The lowest BCUT2D eigenvalue weighted by atomic mass is 9.94. The van der Waals surface area contributed by atoms with Crippen molar-refractivity contribution in [3.8, 4) is 11.3 Å². The Bertz CT molecular complexity index is 1600. The first-order chi connectivity index (χ1) is 17.9. The Hall–Kier alpha value is -2.44. The molecule has 0 amide bonds. The molecule has 0 spiro atoms. The van der Waals surface area contributed by atoms with Crippen LogP contribution in [0.1, 0.15) is 41.8 Å². The van der Waals surface area contributed by atoms with Crippen molar-refractivity contribution in [2.45, 2.75) is 47.7 Å². The van der Waals surface area contributed by atoms with E-state index in [1.54, 1.807) is 12.1 Å². The number of fused-ring (bicyclic) bond motifs is 1. The second kappa shape index (κ2) is 9.95. The molecule has 0 aliphatic heterocycles. The third kappa shape index (κ3) is 5.10. The van der Waals surface area contributed by atoms with Gasteiger partial charge in [-0.25, -0.2) is 13.1 Å². The van der Waals surface area contributed by atoms with E-state index < -0.39 is 33.1 Å². The zero-order valence-corrected chi connectivity index (χ0v) is 22.9. The fourth-order valence-corrected chi connectivity index (χ4v) is 7.79. The summed E-state index contributed by atoms with van der Waals surface area (Å²) in [7, 11) is -3.54. The van der Waals surface area contributed by atoms with Gasteiger partial charge in [0.15, 0.2) is 5.60 Å². The van der Waals surface area contributed by atoms with Crippen molar-refractivity contribution in [2.24, 2.45) is 0 Å². The number of pyridine rings is 1. The van der Waals surface area contributed by atoms with Crippen LogP contribution in [0.15, 0.2) is 71.8 Å². The van der Waals surface area contributed by atoms with Crippen LogP contribution in [0.4, 0.5) is 13.2 Å². The van der Waals surface area contributed by atoms with E-state index >= 15 is 0 Å². The van der Waals surface area contributed by atoms with Crippen molar-refractivity contribution >= 4 is 43.2 Å². The lowest BCUT2D eigenvalue weighted by molar-refractivity contribution is -0.258. The topological polar surface area (TPSA) is 79.3 Å². The first kappa shape index (κ1) is 27.1. The van der Waals surface area contributed by atoms with E-state index in [1.807, 2.05) is 42.7 Å². The second-order valence-electron chi connectivity index (χ2n) is 9.41. The van der Waals surface area contributed by atoms with Crippen molar-refractivity contribution in [3.63, 3.8) is 0 Å². The van der Waals surface area contributed by atoms with Crippen LogP contribution in [0.5, 0.6) is 0 Å². The van der Waals surface area contributed by atoms with E-state index in [1.165, 1.54) is 35.4 Å². The van der Waals surface area contributed by atoms with E-state index in [-0.39, 0.29) is 11.3 Å². The van der Waals surface area contributed by atoms with E-state index in [2.05, 4.69) is 9.71 Å². The highest BCUT2D eigenvalue weighted by Crippen LogP contribution is 2.43. The van der Waals surface area contributed by atoms with Crippen molar-refractivity contribution in [3.05, 3.63) is 82.9 Å². The summed E-state index contributed by atoms with van der Waals surface area (Å²) in [6.45, 7) is 0.718. The quantitative estimate of drug-likeness (QED) is 0.230. The minimum atomic E-state index is -4.86. The molecule has 200 valence electrons. The number of alkyl halides is 3. The van der Waals surface area contributed by atoms with Gasteiger partial charge in [0.2, 0.25) is 10.0 Å². The van der Waals surface area contributed by atoms with Crippen LogP contribution in [0.2, 0.25) is 0 Å². The summed E-state index contributed by atoms with van der Waals surface area (Å²) in [6.07, 6.45) is -0.411. The average molecular weight is 579 g/mol. The Labute approximate surface area is 227 Å². The van der Waals surface area contributed by atoms with Gasteiger partial charge in [-0.05, 0) is 66.8 Å². The largest absolute Gasteiger partial charge is 0.421 e. The lowest BCUT2D eigenvalue weighted by Crippen LogP contribution is -2.39. The van der Waals surface area contributed by atoms with Gasteiger partial charge in [0, 0.05) is 26.2 Å². The number of nitrogens with one attached hydrogen (secondary N) is 1. The monoisotopic (exact) mass is 578 g/mol. The molecule has 38 heavy (non-hydrogen) atoms. The molecule has 2 aromatic carbocycles. The number of thiophene rings is 1. The minimum absolute atomic E-state index is 0.283. The molecule has 5 rings (SSSR count). The molecule has 4 aromatic rings. The van der Waals surface area contributed by atoms with Gasteiger partial charge in [0.25, 0.3) is 0 Å². The van der Waals surface area contributed by atoms with E-state index in [9.17, 15) is 26.7 Å². The normalized spacial score (nSPS) is 16.9. The summed E-state index contributed by atoms with van der Waals surface area (Å²) >= 11 is 2.90. The van der Waals surface area contributed by atoms with E-state index in [0.29, 0.717) is 18.4 Å². The number of aliphatic hydroxyl groups is 1. The molecule has 1 saturated carbocycles. The predicted octanol–water partition coefficient (Wildman–Crippen LogP) is 6.63. The predicted molar refractivity (Wildman–Crippen MR) is 146 cm³/mol. The van der Waals surface area contributed by atoms with Gasteiger partial charge in [-0.15, -0.1) is 23.1 Å². The third-order valence-corrected chi connectivity index (χ3v) is 10.7. The van der Waals surface area contributed by atoms with Gasteiger partial charge in [-0.1, -0.05) is 36.4 Å². The number of rotatable bonds is 8. The Morgan fingerprint density at radius 1 is 1.11 bits per heavy atom. The van der Waals surface area contributed by atoms with Gasteiger partial charge in [0.05, 0.1) is 17.0 Å². The molecule has 11 heteroatoms. The van der Waals surface area contributed by atoms with Crippen LogP contribution in [-0.2, 0) is 15.6 Å². The highest BCUT2D eigenvalue weighted by molar-refractivity contribution is 7.98. The van der Waals surface area contributed by atoms with Crippen molar-refractivity contribution in [1.82, 2.24) is 9.71 Å². The summed E-state index contributed by atoms with van der Waals surface area (Å²) in [5, 5.41) is 10.6. The molecular weight excluding hydrogens is 554 g/mol. The van der Waals surface area contributed by atoms with Gasteiger partial charge in [-0.3, -0.25) is 4.98 Å². The smallest absolute Gasteiger partial charge is 0.376 e. The molecule has 0 radical (unpaired) electrons. The number of halogens is 3. The van der Waals surface area contributed by atoms with Crippen molar-refractivity contribution in [1.29, 1.82) is 0 Å². The molecule has 1 unspecified atom stereocenters. The standard InChI is InChI=1S/C27H25F3N2O3S3/c1-26(33,27(28,29)30)17-12-13-31-21(15-17)19-8-5-6-16-14-23(37-25(16)19)24(32-38(34,35)18-10-11-18)20-7-3-4-9-22(20)36-2/h3-9,12-15,18,24,32-33H,10-11H2,1-2H3/t24-,26?/m1/s1. The van der Waals surface area contributed by atoms with Crippen molar-refractivity contribution < 1.29 is 26.7 Å². The SMILES string of the molecule is CSc1ccccc1[C@@H](NS(=O)(=O)C1CC1)c1cc2cccc(-c3cc(C(C)(O)C(F)(F)F)ccn3)c2s1. The lowest BCUT2D eigenvalue weighted by Gasteiger charge is -2.26. The van der Waals surface area contributed by atoms with E-state index in [4.69, 9.17) is 0 Å². The third-order valence-electron chi connectivity index (χ3n) is 6.69. The average Bonchev–Trinajstić information content (AvgIpc) is 3.66.